The SMILES string of the molecule is CC(C)(C)c1cc(-c2cc(-c3cc(F)c(O)c(F)c3)[nH]n2)cc(C(C)(C)C)c1O. The molecule has 0 bridgehead atoms. The van der Waals surface area contributed by atoms with E-state index in [1.54, 1.807) is 6.07 Å². The predicted octanol–water partition coefficient (Wildman–Crippen LogP) is 6.03. The van der Waals surface area contributed by atoms with Gasteiger partial charge in [-0.05, 0) is 41.2 Å². The maximum atomic E-state index is 13.7. The van der Waals surface area contributed by atoms with E-state index < -0.39 is 17.4 Å². The van der Waals surface area contributed by atoms with Crippen LogP contribution in [0.2, 0.25) is 0 Å². The highest BCUT2D eigenvalue weighted by molar-refractivity contribution is 5.71. The summed E-state index contributed by atoms with van der Waals surface area (Å²) >= 11 is 0. The Morgan fingerprint density at radius 2 is 1.21 bits per heavy atom. The summed E-state index contributed by atoms with van der Waals surface area (Å²) in [5.41, 5.74) is 3.05. The molecule has 0 unspecified atom stereocenters. The van der Waals surface area contributed by atoms with Gasteiger partial charge in [-0.2, -0.15) is 5.10 Å². The number of phenolic OH excluding ortho intramolecular Hbond substituents is 2. The van der Waals surface area contributed by atoms with Crippen LogP contribution in [-0.4, -0.2) is 20.4 Å². The number of rotatable bonds is 2. The molecule has 4 nitrogen and oxygen atoms in total. The zero-order valence-corrected chi connectivity index (χ0v) is 17.5. The van der Waals surface area contributed by atoms with E-state index in [9.17, 15) is 19.0 Å². The van der Waals surface area contributed by atoms with Gasteiger partial charge in [-0.1, -0.05) is 41.5 Å². The molecule has 29 heavy (non-hydrogen) atoms. The summed E-state index contributed by atoms with van der Waals surface area (Å²) in [6.45, 7) is 12.1. The second-order valence-corrected chi connectivity index (χ2v) is 9.38. The van der Waals surface area contributed by atoms with E-state index in [1.807, 2.05) is 53.7 Å². The smallest absolute Gasteiger partial charge is 0.187 e. The second-order valence-electron chi connectivity index (χ2n) is 9.38. The maximum absolute atomic E-state index is 13.7. The summed E-state index contributed by atoms with van der Waals surface area (Å²) in [5.74, 6) is -2.81. The zero-order valence-electron chi connectivity index (χ0n) is 17.5. The van der Waals surface area contributed by atoms with E-state index in [0.717, 1.165) is 28.8 Å². The van der Waals surface area contributed by atoms with Crippen molar-refractivity contribution >= 4 is 0 Å². The number of H-pyrrole nitrogens is 1. The zero-order chi connectivity index (χ0) is 21.7. The van der Waals surface area contributed by atoms with Crippen molar-refractivity contribution < 1.29 is 19.0 Å². The lowest BCUT2D eigenvalue weighted by Crippen LogP contribution is -2.17. The van der Waals surface area contributed by atoms with Crippen LogP contribution in [0.15, 0.2) is 30.3 Å². The molecule has 0 fully saturated rings. The lowest BCUT2D eigenvalue weighted by molar-refractivity contribution is 0.396. The van der Waals surface area contributed by atoms with Crippen LogP contribution >= 0.6 is 0 Å². The van der Waals surface area contributed by atoms with Crippen LogP contribution in [0.1, 0.15) is 52.7 Å². The highest BCUT2D eigenvalue weighted by Gasteiger charge is 2.27. The first-order valence-electron chi connectivity index (χ1n) is 9.41. The van der Waals surface area contributed by atoms with E-state index in [0.29, 0.717) is 11.4 Å². The van der Waals surface area contributed by atoms with E-state index in [2.05, 4.69) is 10.2 Å². The molecule has 0 radical (unpaired) electrons. The third kappa shape index (κ3) is 3.97. The number of nitrogens with zero attached hydrogens (tertiary/aromatic N) is 1. The topological polar surface area (TPSA) is 69.1 Å². The monoisotopic (exact) mass is 400 g/mol. The van der Waals surface area contributed by atoms with Gasteiger partial charge in [0.15, 0.2) is 17.4 Å². The van der Waals surface area contributed by atoms with Gasteiger partial charge in [-0.25, -0.2) is 8.78 Å². The van der Waals surface area contributed by atoms with Gasteiger partial charge in [0.05, 0.1) is 11.4 Å². The van der Waals surface area contributed by atoms with Gasteiger partial charge in [-0.3, -0.25) is 5.10 Å². The van der Waals surface area contributed by atoms with Crippen LogP contribution < -0.4 is 0 Å². The van der Waals surface area contributed by atoms with Crippen molar-refractivity contribution in [3.05, 3.63) is 53.1 Å². The summed E-state index contributed by atoms with van der Waals surface area (Å²) in [6.07, 6.45) is 0. The van der Waals surface area contributed by atoms with Gasteiger partial charge in [0, 0.05) is 22.3 Å². The van der Waals surface area contributed by atoms with Gasteiger partial charge >= 0.3 is 0 Å². The Labute approximate surface area is 169 Å². The highest BCUT2D eigenvalue weighted by atomic mass is 19.1. The fraction of sp³-hybridized carbons (Fsp3) is 0.348. The van der Waals surface area contributed by atoms with E-state index in [1.165, 1.54) is 0 Å². The number of hydrogen-bond acceptors (Lipinski definition) is 3. The molecular formula is C23H26F2N2O2. The second kappa shape index (κ2) is 6.87. The van der Waals surface area contributed by atoms with Crippen molar-refractivity contribution in [2.24, 2.45) is 0 Å². The lowest BCUT2D eigenvalue weighted by Gasteiger charge is -2.28. The molecular weight excluding hydrogens is 374 g/mol. The molecule has 1 aromatic heterocycles. The molecule has 154 valence electrons. The minimum Gasteiger partial charge on any atom is -0.507 e. The Hall–Kier alpha value is -2.89. The van der Waals surface area contributed by atoms with E-state index in [4.69, 9.17) is 0 Å². The molecule has 0 aliphatic heterocycles. The number of hydrogen-bond donors (Lipinski definition) is 3. The third-order valence-electron chi connectivity index (χ3n) is 4.93. The van der Waals surface area contributed by atoms with Crippen LogP contribution in [-0.2, 0) is 10.8 Å². The van der Waals surface area contributed by atoms with Crippen molar-refractivity contribution in [3.63, 3.8) is 0 Å². The van der Waals surface area contributed by atoms with Crippen LogP contribution in [0, 0.1) is 11.6 Å². The molecule has 3 rings (SSSR count). The number of phenols is 2. The fourth-order valence-corrected chi connectivity index (χ4v) is 3.26. The molecule has 0 spiro atoms. The highest BCUT2D eigenvalue weighted by Crippen LogP contribution is 2.42. The Kier molecular flexibility index (Phi) is 4.93. The number of nitrogens with one attached hydrogen (secondary N) is 1. The van der Waals surface area contributed by atoms with Crippen LogP contribution in [0.5, 0.6) is 11.5 Å². The van der Waals surface area contributed by atoms with Gasteiger partial charge in [0.1, 0.15) is 5.75 Å². The minimum atomic E-state index is -1.04. The molecule has 3 aromatic rings. The molecule has 0 saturated heterocycles. The molecule has 0 amide bonds. The first-order chi connectivity index (χ1) is 13.3. The third-order valence-corrected chi connectivity index (χ3v) is 4.93. The summed E-state index contributed by atoms with van der Waals surface area (Å²) in [4.78, 5) is 0. The Morgan fingerprint density at radius 1 is 0.724 bits per heavy atom. The van der Waals surface area contributed by atoms with Gasteiger partial charge in [0.2, 0.25) is 0 Å². The van der Waals surface area contributed by atoms with Crippen LogP contribution in [0.4, 0.5) is 8.78 Å². The molecule has 2 aromatic carbocycles. The number of halogens is 2. The predicted molar refractivity (Wildman–Crippen MR) is 110 cm³/mol. The average molecular weight is 400 g/mol. The number of benzene rings is 2. The van der Waals surface area contributed by atoms with Gasteiger partial charge in [-0.15, -0.1) is 0 Å². The minimum absolute atomic E-state index is 0.238. The summed E-state index contributed by atoms with van der Waals surface area (Å²) in [5, 5.41) is 27.3. The molecule has 0 saturated carbocycles. The van der Waals surface area contributed by atoms with Crippen molar-refractivity contribution in [2.75, 3.05) is 0 Å². The Morgan fingerprint density at radius 3 is 1.66 bits per heavy atom. The van der Waals surface area contributed by atoms with Crippen molar-refractivity contribution in [1.29, 1.82) is 0 Å². The average Bonchev–Trinajstić information content (AvgIpc) is 3.07. The summed E-state index contributed by atoms with van der Waals surface area (Å²) < 4.78 is 27.4. The van der Waals surface area contributed by atoms with Gasteiger partial charge < -0.3 is 10.2 Å². The molecule has 3 N–H and O–H groups in total. The van der Waals surface area contributed by atoms with Crippen molar-refractivity contribution in [3.8, 4) is 34.0 Å². The van der Waals surface area contributed by atoms with E-state index >= 15 is 0 Å². The lowest BCUT2D eigenvalue weighted by atomic mass is 9.78. The van der Waals surface area contributed by atoms with Crippen LogP contribution in [0.25, 0.3) is 22.5 Å². The standard InChI is InChI=1S/C23H26F2N2O2/c1-22(2,3)14-7-12(8-15(20(14)28)23(4,5)6)18-11-19(27-26-18)13-9-16(24)21(29)17(25)10-13/h7-11,28-29H,1-6H3,(H,26,27). The first-order valence-corrected chi connectivity index (χ1v) is 9.41. The molecule has 0 aliphatic rings. The fourth-order valence-electron chi connectivity index (χ4n) is 3.26. The first kappa shape index (κ1) is 20.8. The maximum Gasteiger partial charge on any atom is 0.187 e. The number of aromatic hydroxyl groups is 2. The number of aromatic amines is 1. The normalized spacial score (nSPS) is 12.4. The molecule has 1 heterocycles. The largest absolute Gasteiger partial charge is 0.507 e. The number of aromatic nitrogens is 2. The quantitative estimate of drug-likeness (QED) is 0.492. The van der Waals surface area contributed by atoms with Crippen molar-refractivity contribution in [1.82, 2.24) is 10.2 Å². The van der Waals surface area contributed by atoms with E-state index in [-0.39, 0.29) is 22.1 Å². The Balaban J connectivity index is 2.15. The van der Waals surface area contributed by atoms with Gasteiger partial charge in [0.25, 0.3) is 0 Å². The molecule has 0 atom stereocenters. The Bertz CT molecular complexity index is 1020. The molecule has 6 heteroatoms. The van der Waals surface area contributed by atoms with Crippen molar-refractivity contribution in [2.45, 2.75) is 52.4 Å². The summed E-state index contributed by atoms with van der Waals surface area (Å²) in [6, 6.07) is 7.57. The summed E-state index contributed by atoms with van der Waals surface area (Å²) in [7, 11) is 0. The molecule has 0 aliphatic carbocycles. The van der Waals surface area contributed by atoms with Crippen LogP contribution in [0.3, 0.4) is 0 Å².